The van der Waals surface area contributed by atoms with Crippen molar-refractivity contribution in [3.63, 3.8) is 0 Å². The summed E-state index contributed by atoms with van der Waals surface area (Å²) in [5.41, 5.74) is 1.03. The molecule has 2 aromatic rings. The number of hydrogen-bond donors (Lipinski definition) is 0. The minimum absolute atomic E-state index is 0.523. The lowest BCUT2D eigenvalue weighted by atomic mass is 9.99. The molecule has 4 nitrogen and oxygen atoms in total. The van der Waals surface area contributed by atoms with E-state index in [1.54, 1.807) is 37.7 Å². The predicted molar refractivity (Wildman–Crippen MR) is 75.6 cm³/mol. The number of aromatic nitrogens is 1. The van der Waals surface area contributed by atoms with Crippen molar-refractivity contribution in [3.05, 3.63) is 53.9 Å². The first-order chi connectivity index (χ1) is 9.56. The molecule has 0 aliphatic heterocycles. The molecule has 2 rings (SSSR count). The number of methoxy groups -OCH3 is 1. The molecule has 1 aromatic carbocycles. The number of nitrogens with zero attached hydrogens (tertiary/aromatic N) is 2. The zero-order valence-corrected chi connectivity index (χ0v) is 11.8. The molecule has 0 spiro atoms. The van der Waals surface area contributed by atoms with Gasteiger partial charge in [-0.25, -0.2) is 0 Å². The third kappa shape index (κ3) is 2.89. The highest BCUT2D eigenvalue weighted by Crippen LogP contribution is 2.34. The molecule has 0 atom stereocenters. The summed E-state index contributed by atoms with van der Waals surface area (Å²) in [4.78, 5) is 4.01. The van der Waals surface area contributed by atoms with Crippen molar-refractivity contribution >= 4 is 0 Å². The summed E-state index contributed by atoms with van der Waals surface area (Å²) in [5, 5.41) is 8.91. The molecule has 0 N–H and O–H groups in total. The van der Waals surface area contributed by atoms with Crippen molar-refractivity contribution < 1.29 is 9.47 Å². The second kappa shape index (κ2) is 5.62. The molecule has 0 aliphatic carbocycles. The third-order valence-corrected chi connectivity index (χ3v) is 3.03. The number of hydrogen-bond acceptors (Lipinski definition) is 4. The molecular weight excluding hydrogens is 252 g/mol. The van der Waals surface area contributed by atoms with Gasteiger partial charge in [0.05, 0.1) is 18.7 Å². The molecule has 4 heteroatoms. The van der Waals surface area contributed by atoms with E-state index in [0.29, 0.717) is 17.1 Å². The zero-order valence-electron chi connectivity index (χ0n) is 11.8. The first-order valence-corrected chi connectivity index (χ1v) is 6.24. The highest BCUT2D eigenvalue weighted by atomic mass is 16.5. The highest BCUT2D eigenvalue weighted by molar-refractivity contribution is 5.47. The van der Waals surface area contributed by atoms with Crippen molar-refractivity contribution in [2.75, 3.05) is 7.11 Å². The van der Waals surface area contributed by atoms with Crippen LogP contribution in [-0.2, 0) is 5.60 Å². The van der Waals surface area contributed by atoms with Gasteiger partial charge < -0.3 is 9.47 Å². The van der Waals surface area contributed by atoms with Gasteiger partial charge in [0, 0.05) is 18.5 Å². The van der Waals surface area contributed by atoms with Crippen molar-refractivity contribution in [2.24, 2.45) is 0 Å². The first kappa shape index (κ1) is 13.9. The molecule has 0 saturated heterocycles. The molecule has 0 unspecified atom stereocenters. The van der Waals surface area contributed by atoms with Crippen LogP contribution in [0.1, 0.15) is 25.0 Å². The van der Waals surface area contributed by atoms with Crippen LogP contribution >= 0.6 is 0 Å². The van der Waals surface area contributed by atoms with E-state index in [1.807, 2.05) is 26.0 Å². The molecular formula is C16H16N2O2. The maximum Gasteiger partial charge on any atom is 0.162 e. The summed E-state index contributed by atoms with van der Waals surface area (Å²) in [6.45, 7) is 3.94. The number of rotatable bonds is 4. The quantitative estimate of drug-likeness (QED) is 0.854. The lowest BCUT2D eigenvalue weighted by Gasteiger charge is -2.27. The smallest absolute Gasteiger partial charge is 0.162 e. The molecule has 1 heterocycles. The Balaban J connectivity index is 2.32. The van der Waals surface area contributed by atoms with Gasteiger partial charge in [0.15, 0.2) is 11.5 Å². The van der Waals surface area contributed by atoms with E-state index in [0.717, 1.165) is 5.56 Å². The fraction of sp³-hybridized carbons (Fsp3) is 0.250. The second-order valence-electron chi connectivity index (χ2n) is 4.83. The summed E-state index contributed by atoms with van der Waals surface area (Å²) < 4.78 is 11.3. The molecule has 0 radical (unpaired) electrons. The number of benzene rings is 1. The van der Waals surface area contributed by atoms with E-state index in [1.165, 1.54) is 0 Å². The van der Waals surface area contributed by atoms with Gasteiger partial charge in [0.2, 0.25) is 0 Å². The Labute approximate surface area is 118 Å². The lowest BCUT2D eigenvalue weighted by Crippen LogP contribution is -2.25. The Morgan fingerprint density at radius 2 is 1.80 bits per heavy atom. The van der Waals surface area contributed by atoms with Gasteiger partial charge >= 0.3 is 0 Å². The van der Waals surface area contributed by atoms with Crippen LogP contribution in [-0.4, -0.2) is 12.1 Å². The van der Waals surface area contributed by atoms with Crippen LogP contribution in [0.2, 0.25) is 0 Å². The van der Waals surface area contributed by atoms with Gasteiger partial charge in [-0.15, -0.1) is 0 Å². The van der Waals surface area contributed by atoms with Crippen molar-refractivity contribution in [2.45, 2.75) is 19.4 Å². The predicted octanol–water partition coefficient (Wildman–Crippen LogP) is 3.28. The lowest BCUT2D eigenvalue weighted by molar-refractivity contribution is 0.104. The van der Waals surface area contributed by atoms with Crippen LogP contribution < -0.4 is 9.47 Å². The average Bonchev–Trinajstić information content (AvgIpc) is 2.48. The van der Waals surface area contributed by atoms with Crippen LogP contribution in [0.25, 0.3) is 0 Å². The normalized spacial score (nSPS) is 10.7. The van der Waals surface area contributed by atoms with E-state index >= 15 is 0 Å². The average molecular weight is 268 g/mol. The fourth-order valence-corrected chi connectivity index (χ4v) is 1.91. The summed E-state index contributed by atoms with van der Waals surface area (Å²) in [5.74, 6) is 1.15. The van der Waals surface area contributed by atoms with Gasteiger partial charge in [-0.1, -0.05) is 0 Å². The number of nitriles is 1. The Hall–Kier alpha value is -2.54. The summed E-state index contributed by atoms with van der Waals surface area (Å²) in [6.07, 6.45) is 3.47. The molecule has 0 amide bonds. The maximum atomic E-state index is 8.91. The minimum Gasteiger partial charge on any atom is -0.493 e. The van der Waals surface area contributed by atoms with E-state index in [2.05, 4.69) is 11.1 Å². The Bertz CT molecular complexity index is 631. The second-order valence-corrected chi connectivity index (χ2v) is 4.83. The topological polar surface area (TPSA) is 55.1 Å². The molecule has 0 fully saturated rings. The number of pyridine rings is 1. The largest absolute Gasteiger partial charge is 0.493 e. The van der Waals surface area contributed by atoms with Crippen LogP contribution in [0.3, 0.4) is 0 Å². The van der Waals surface area contributed by atoms with Crippen LogP contribution in [0, 0.1) is 11.3 Å². The Morgan fingerprint density at radius 1 is 1.10 bits per heavy atom. The van der Waals surface area contributed by atoms with Crippen molar-refractivity contribution in [1.82, 2.24) is 4.98 Å². The Kier molecular flexibility index (Phi) is 3.90. The summed E-state index contributed by atoms with van der Waals surface area (Å²) in [7, 11) is 1.56. The molecule has 0 saturated carbocycles. The van der Waals surface area contributed by atoms with Crippen LogP contribution in [0.4, 0.5) is 0 Å². The summed E-state index contributed by atoms with van der Waals surface area (Å²) in [6, 6.07) is 11.0. The van der Waals surface area contributed by atoms with Crippen molar-refractivity contribution in [1.29, 1.82) is 5.26 Å². The monoisotopic (exact) mass is 268 g/mol. The van der Waals surface area contributed by atoms with E-state index in [9.17, 15) is 0 Å². The highest BCUT2D eigenvalue weighted by Gasteiger charge is 2.24. The van der Waals surface area contributed by atoms with E-state index in [-0.39, 0.29) is 0 Å². The molecule has 0 bridgehead atoms. The van der Waals surface area contributed by atoms with Gasteiger partial charge in [-0.05, 0) is 43.7 Å². The maximum absolute atomic E-state index is 8.91. The molecule has 102 valence electrons. The molecule has 0 aliphatic rings. The van der Waals surface area contributed by atoms with Gasteiger partial charge in [0.25, 0.3) is 0 Å². The molecule has 1 aromatic heterocycles. The van der Waals surface area contributed by atoms with Gasteiger partial charge in [-0.3, -0.25) is 4.98 Å². The van der Waals surface area contributed by atoms with E-state index in [4.69, 9.17) is 14.7 Å². The Morgan fingerprint density at radius 3 is 2.40 bits per heavy atom. The summed E-state index contributed by atoms with van der Waals surface area (Å²) >= 11 is 0. The fourth-order valence-electron chi connectivity index (χ4n) is 1.91. The molecule has 20 heavy (non-hydrogen) atoms. The van der Waals surface area contributed by atoms with E-state index < -0.39 is 5.60 Å². The van der Waals surface area contributed by atoms with Crippen LogP contribution in [0.5, 0.6) is 11.5 Å². The van der Waals surface area contributed by atoms with Gasteiger partial charge in [0.1, 0.15) is 5.60 Å². The third-order valence-electron chi connectivity index (χ3n) is 3.03. The van der Waals surface area contributed by atoms with Crippen LogP contribution in [0.15, 0.2) is 42.7 Å². The zero-order chi connectivity index (χ0) is 14.6. The van der Waals surface area contributed by atoms with Crippen molar-refractivity contribution in [3.8, 4) is 17.6 Å². The SMILES string of the molecule is COc1cc(C#N)ccc1OC(C)(C)c1ccncc1. The minimum atomic E-state index is -0.523. The van der Waals surface area contributed by atoms with Gasteiger partial charge in [-0.2, -0.15) is 5.26 Å². The first-order valence-electron chi connectivity index (χ1n) is 6.24. The standard InChI is InChI=1S/C16H16N2O2/c1-16(2,13-6-8-18-9-7-13)20-14-5-4-12(11-17)10-15(14)19-3/h4-10H,1-3H3. The number of ether oxygens (including phenoxy) is 2.